The van der Waals surface area contributed by atoms with Crippen LogP contribution in [0.3, 0.4) is 0 Å². The van der Waals surface area contributed by atoms with E-state index >= 15 is 0 Å². The van der Waals surface area contributed by atoms with Crippen molar-refractivity contribution >= 4 is 24.2 Å². The van der Waals surface area contributed by atoms with Crippen LogP contribution in [-0.4, -0.2) is 49.4 Å². The third-order valence-corrected chi connectivity index (χ3v) is 3.67. The van der Waals surface area contributed by atoms with Crippen LogP contribution in [0.15, 0.2) is 0 Å². The van der Waals surface area contributed by atoms with Gasteiger partial charge in [0.25, 0.3) is 0 Å². The minimum atomic E-state index is -0.124. The molecule has 2 aliphatic rings. The largest absolute Gasteiger partial charge is 0.352 e. The summed E-state index contributed by atoms with van der Waals surface area (Å²) in [7, 11) is 1.79. The summed E-state index contributed by atoms with van der Waals surface area (Å²) in [5.41, 5.74) is 0. The van der Waals surface area contributed by atoms with E-state index in [1.54, 1.807) is 11.9 Å². The molecule has 5 nitrogen and oxygen atoms in total. The fourth-order valence-corrected chi connectivity index (χ4v) is 2.46. The number of piperidine rings is 2. The van der Waals surface area contributed by atoms with Crippen LogP contribution in [0.1, 0.15) is 25.7 Å². The topological polar surface area (TPSA) is 61.4 Å². The van der Waals surface area contributed by atoms with Gasteiger partial charge in [-0.05, 0) is 25.8 Å². The molecule has 2 saturated heterocycles. The van der Waals surface area contributed by atoms with Crippen molar-refractivity contribution in [2.45, 2.75) is 31.7 Å². The Morgan fingerprint density at radius 1 is 1.44 bits per heavy atom. The van der Waals surface area contributed by atoms with Gasteiger partial charge in [0.15, 0.2) is 0 Å². The van der Waals surface area contributed by atoms with Crippen molar-refractivity contribution in [2.24, 2.45) is 5.92 Å². The van der Waals surface area contributed by atoms with E-state index in [-0.39, 0.29) is 36.2 Å². The number of halogens is 1. The number of hydrogen-bond donors (Lipinski definition) is 2. The van der Waals surface area contributed by atoms with Crippen LogP contribution in [0.25, 0.3) is 0 Å². The molecule has 1 unspecified atom stereocenters. The molecule has 104 valence electrons. The number of nitrogens with zero attached hydrogens (tertiary/aromatic N) is 1. The van der Waals surface area contributed by atoms with Crippen LogP contribution in [0.5, 0.6) is 0 Å². The Morgan fingerprint density at radius 3 is 2.83 bits per heavy atom. The first kappa shape index (κ1) is 15.2. The highest BCUT2D eigenvalue weighted by Crippen LogP contribution is 2.17. The molecule has 2 heterocycles. The zero-order chi connectivity index (χ0) is 12.3. The van der Waals surface area contributed by atoms with E-state index in [0.29, 0.717) is 13.0 Å². The van der Waals surface area contributed by atoms with Crippen LogP contribution in [0, 0.1) is 5.92 Å². The molecule has 0 aromatic rings. The molecule has 0 bridgehead atoms. The molecule has 2 atom stereocenters. The molecule has 0 saturated carbocycles. The predicted octanol–water partition coefficient (Wildman–Crippen LogP) is 0.145. The van der Waals surface area contributed by atoms with E-state index < -0.39 is 0 Å². The Bertz CT molecular complexity index is 306. The fourth-order valence-electron chi connectivity index (χ4n) is 2.46. The molecule has 2 aliphatic heterocycles. The Hall–Kier alpha value is -0.810. The quantitative estimate of drug-likeness (QED) is 0.754. The van der Waals surface area contributed by atoms with Crippen molar-refractivity contribution in [3.8, 4) is 0 Å². The molecule has 0 aliphatic carbocycles. The maximum Gasteiger partial charge on any atom is 0.223 e. The van der Waals surface area contributed by atoms with E-state index in [9.17, 15) is 9.59 Å². The van der Waals surface area contributed by atoms with Gasteiger partial charge in [-0.3, -0.25) is 9.59 Å². The zero-order valence-corrected chi connectivity index (χ0v) is 11.6. The van der Waals surface area contributed by atoms with Gasteiger partial charge in [0.1, 0.15) is 0 Å². The molecule has 18 heavy (non-hydrogen) atoms. The maximum atomic E-state index is 12.0. The summed E-state index contributed by atoms with van der Waals surface area (Å²) in [4.78, 5) is 25.2. The van der Waals surface area contributed by atoms with Crippen LogP contribution < -0.4 is 10.6 Å². The normalized spacial score (nSPS) is 28.5. The third kappa shape index (κ3) is 3.85. The molecular weight excluding hydrogens is 254 g/mol. The summed E-state index contributed by atoms with van der Waals surface area (Å²) >= 11 is 0. The number of amides is 2. The lowest BCUT2D eigenvalue weighted by Crippen LogP contribution is -2.49. The van der Waals surface area contributed by atoms with E-state index in [4.69, 9.17) is 0 Å². The van der Waals surface area contributed by atoms with Crippen LogP contribution in [-0.2, 0) is 9.59 Å². The summed E-state index contributed by atoms with van der Waals surface area (Å²) in [5, 5.41) is 6.32. The van der Waals surface area contributed by atoms with E-state index in [0.717, 1.165) is 32.4 Å². The molecule has 0 radical (unpaired) electrons. The SMILES string of the molecule is CN1CCC(C(=O)N[C@H]2CCCNC2)CC1=O.Cl. The smallest absolute Gasteiger partial charge is 0.223 e. The van der Waals surface area contributed by atoms with E-state index in [1.165, 1.54) is 0 Å². The highest BCUT2D eigenvalue weighted by Gasteiger charge is 2.29. The molecule has 6 heteroatoms. The average Bonchev–Trinajstić information content (AvgIpc) is 2.34. The fraction of sp³-hybridized carbons (Fsp3) is 0.833. The Morgan fingerprint density at radius 2 is 2.22 bits per heavy atom. The molecular formula is C12H22ClN3O2. The predicted molar refractivity (Wildman–Crippen MR) is 71.6 cm³/mol. The van der Waals surface area contributed by atoms with Crippen molar-refractivity contribution in [2.75, 3.05) is 26.7 Å². The second-order valence-electron chi connectivity index (χ2n) is 5.06. The lowest BCUT2D eigenvalue weighted by Gasteiger charge is -2.30. The number of carbonyl (C=O) groups excluding carboxylic acids is 2. The lowest BCUT2D eigenvalue weighted by molar-refractivity contribution is -0.139. The first-order valence-electron chi connectivity index (χ1n) is 6.42. The van der Waals surface area contributed by atoms with Gasteiger partial charge in [-0.25, -0.2) is 0 Å². The molecule has 0 aromatic heterocycles. The van der Waals surface area contributed by atoms with Crippen molar-refractivity contribution in [1.29, 1.82) is 0 Å². The molecule has 0 spiro atoms. The summed E-state index contributed by atoms with van der Waals surface area (Å²) < 4.78 is 0. The zero-order valence-electron chi connectivity index (χ0n) is 10.8. The first-order chi connectivity index (χ1) is 8.16. The third-order valence-electron chi connectivity index (χ3n) is 3.67. The first-order valence-corrected chi connectivity index (χ1v) is 6.42. The molecule has 2 fully saturated rings. The Kier molecular flexibility index (Phi) is 5.88. The number of nitrogens with one attached hydrogen (secondary N) is 2. The lowest BCUT2D eigenvalue weighted by atomic mass is 9.95. The van der Waals surface area contributed by atoms with Gasteiger partial charge >= 0.3 is 0 Å². The van der Waals surface area contributed by atoms with Gasteiger partial charge in [-0.1, -0.05) is 0 Å². The van der Waals surface area contributed by atoms with E-state index in [2.05, 4.69) is 10.6 Å². The molecule has 2 amide bonds. The highest BCUT2D eigenvalue weighted by molar-refractivity contribution is 5.87. The maximum absolute atomic E-state index is 12.0. The molecule has 2 rings (SSSR count). The van der Waals surface area contributed by atoms with Crippen LogP contribution in [0.4, 0.5) is 0 Å². The standard InChI is InChI=1S/C12H21N3O2.ClH/c1-15-6-4-9(7-11(15)16)12(17)14-10-3-2-5-13-8-10;/h9-10,13H,2-8H2,1H3,(H,14,17);1H/t9?,10-;/m0./s1. The van der Waals surface area contributed by atoms with Gasteiger partial charge < -0.3 is 15.5 Å². The number of carbonyl (C=O) groups is 2. The van der Waals surface area contributed by atoms with Crippen LogP contribution in [0.2, 0.25) is 0 Å². The second kappa shape index (κ2) is 6.95. The summed E-state index contributed by atoms with van der Waals surface area (Å²) in [6.45, 7) is 2.59. The van der Waals surface area contributed by atoms with Crippen molar-refractivity contribution in [3.63, 3.8) is 0 Å². The average molecular weight is 276 g/mol. The number of likely N-dealkylation sites (tertiary alicyclic amines) is 1. The monoisotopic (exact) mass is 275 g/mol. The summed E-state index contributed by atoms with van der Waals surface area (Å²) in [5.74, 6) is 0.0129. The van der Waals surface area contributed by atoms with Gasteiger partial charge in [-0.15, -0.1) is 12.4 Å². The highest BCUT2D eigenvalue weighted by atomic mass is 35.5. The number of hydrogen-bond acceptors (Lipinski definition) is 3. The summed E-state index contributed by atoms with van der Waals surface area (Å²) in [6, 6.07) is 0.242. The van der Waals surface area contributed by atoms with Gasteiger partial charge in [0, 0.05) is 38.5 Å². The van der Waals surface area contributed by atoms with Crippen molar-refractivity contribution < 1.29 is 9.59 Å². The summed E-state index contributed by atoms with van der Waals surface area (Å²) in [6.07, 6.45) is 3.30. The van der Waals surface area contributed by atoms with Crippen molar-refractivity contribution in [1.82, 2.24) is 15.5 Å². The van der Waals surface area contributed by atoms with Crippen LogP contribution >= 0.6 is 12.4 Å². The molecule has 2 N–H and O–H groups in total. The Balaban J connectivity index is 0.00000162. The van der Waals surface area contributed by atoms with Gasteiger partial charge in [0.2, 0.25) is 11.8 Å². The Labute approximate surface area is 114 Å². The van der Waals surface area contributed by atoms with Gasteiger partial charge in [0.05, 0.1) is 0 Å². The second-order valence-corrected chi connectivity index (χ2v) is 5.06. The number of rotatable bonds is 2. The molecule has 0 aromatic carbocycles. The van der Waals surface area contributed by atoms with Crippen molar-refractivity contribution in [3.05, 3.63) is 0 Å². The van der Waals surface area contributed by atoms with Gasteiger partial charge in [-0.2, -0.15) is 0 Å². The minimum absolute atomic E-state index is 0. The minimum Gasteiger partial charge on any atom is -0.352 e. The van der Waals surface area contributed by atoms with E-state index in [1.807, 2.05) is 0 Å².